The van der Waals surface area contributed by atoms with Crippen molar-refractivity contribution in [2.24, 2.45) is 0 Å². The van der Waals surface area contributed by atoms with Crippen LogP contribution < -0.4 is 10.9 Å². The SMILES string of the molecule is Cc1cccc(-n2c(SCC(=O)Nc3cc(S(C)(=O)=O)ccc3Cl)nc3ccccc3c2=O)c1C. The molecule has 1 heterocycles. The Kier molecular flexibility index (Phi) is 7.02. The number of fused-ring (bicyclic) bond motifs is 1. The van der Waals surface area contributed by atoms with Crippen LogP contribution in [0.3, 0.4) is 0 Å². The van der Waals surface area contributed by atoms with Crippen LogP contribution in [0, 0.1) is 13.8 Å². The highest BCUT2D eigenvalue weighted by Crippen LogP contribution is 2.27. The molecule has 0 aliphatic heterocycles. The zero-order chi connectivity index (χ0) is 25.3. The van der Waals surface area contributed by atoms with Gasteiger partial charge in [0.05, 0.1) is 37.9 Å². The second-order valence-corrected chi connectivity index (χ2v) is 11.4. The topological polar surface area (TPSA) is 98.1 Å². The molecule has 35 heavy (non-hydrogen) atoms. The maximum absolute atomic E-state index is 13.5. The molecule has 3 aromatic carbocycles. The van der Waals surface area contributed by atoms with Gasteiger partial charge in [0.25, 0.3) is 5.56 Å². The summed E-state index contributed by atoms with van der Waals surface area (Å²) in [6, 6.07) is 16.9. The first-order chi connectivity index (χ1) is 16.6. The minimum Gasteiger partial charge on any atom is -0.324 e. The Hall–Kier alpha value is -3.14. The molecule has 180 valence electrons. The molecular formula is C25H22ClN3O4S2. The lowest BCUT2D eigenvalue weighted by atomic mass is 10.1. The lowest BCUT2D eigenvalue weighted by Gasteiger charge is -2.16. The predicted molar refractivity (Wildman–Crippen MR) is 141 cm³/mol. The van der Waals surface area contributed by atoms with Crippen LogP contribution >= 0.6 is 23.4 Å². The third kappa shape index (κ3) is 5.27. The minimum absolute atomic E-state index is 0.0461. The average molecular weight is 528 g/mol. The average Bonchev–Trinajstić information content (AvgIpc) is 2.81. The van der Waals surface area contributed by atoms with E-state index in [4.69, 9.17) is 11.6 Å². The molecule has 10 heteroatoms. The first kappa shape index (κ1) is 25.0. The lowest BCUT2D eigenvalue weighted by molar-refractivity contribution is -0.113. The van der Waals surface area contributed by atoms with Gasteiger partial charge in [-0.3, -0.25) is 14.2 Å². The van der Waals surface area contributed by atoms with E-state index >= 15 is 0 Å². The fourth-order valence-electron chi connectivity index (χ4n) is 3.55. The number of benzene rings is 3. The summed E-state index contributed by atoms with van der Waals surface area (Å²) in [5, 5.41) is 3.72. The number of nitrogens with zero attached hydrogens (tertiary/aromatic N) is 2. The summed E-state index contributed by atoms with van der Waals surface area (Å²) in [4.78, 5) is 30.9. The number of carbonyl (C=O) groups excluding carboxylic acids is 1. The first-order valence-electron chi connectivity index (χ1n) is 10.6. The second kappa shape index (κ2) is 9.85. The molecule has 0 radical (unpaired) electrons. The van der Waals surface area contributed by atoms with Gasteiger partial charge in [-0.1, -0.05) is 47.6 Å². The van der Waals surface area contributed by atoms with E-state index in [1.807, 2.05) is 32.0 Å². The maximum atomic E-state index is 13.5. The Bertz CT molecular complexity index is 1630. The van der Waals surface area contributed by atoms with E-state index in [-0.39, 0.29) is 26.9 Å². The van der Waals surface area contributed by atoms with Gasteiger partial charge >= 0.3 is 0 Å². The van der Waals surface area contributed by atoms with Crippen LogP contribution in [0.1, 0.15) is 11.1 Å². The Morgan fingerprint density at radius 3 is 2.57 bits per heavy atom. The molecule has 0 unspecified atom stereocenters. The molecular weight excluding hydrogens is 506 g/mol. The fourth-order valence-corrected chi connectivity index (χ4v) is 5.16. The first-order valence-corrected chi connectivity index (χ1v) is 13.8. The number of aromatic nitrogens is 2. The molecule has 0 saturated heterocycles. The van der Waals surface area contributed by atoms with E-state index in [0.29, 0.717) is 21.7 Å². The lowest BCUT2D eigenvalue weighted by Crippen LogP contribution is -2.23. The smallest absolute Gasteiger partial charge is 0.266 e. The summed E-state index contributed by atoms with van der Waals surface area (Å²) < 4.78 is 25.2. The van der Waals surface area contributed by atoms with Gasteiger partial charge in [0.2, 0.25) is 5.91 Å². The molecule has 1 N–H and O–H groups in total. The molecule has 1 aromatic heterocycles. The number of hydrogen-bond acceptors (Lipinski definition) is 6. The maximum Gasteiger partial charge on any atom is 0.266 e. The van der Waals surface area contributed by atoms with Crippen LogP contribution in [0.5, 0.6) is 0 Å². The second-order valence-electron chi connectivity index (χ2n) is 8.02. The normalized spacial score (nSPS) is 11.5. The molecule has 0 atom stereocenters. The van der Waals surface area contributed by atoms with E-state index in [2.05, 4.69) is 10.3 Å². The van der Waals surface area contributed by atoms with Gasteiger partial charge in [0.1, 0.15) is 0 Å². The number of hydrogen-bond donors (Lipinski definition) is 1. The van der Waals surface area contributed by atoms with Crippen LogP contribution in [-0.4, -0.2) is 35.9 Å². The molecule has 0 aliphatic rings. The van der Waals surface area contributed by atoms with Crippen molar-refractivity contribution >= 4 is 55.7 Å². The van der Waals surface area contributed by atoms with Gasteiger partial charge in [0.15, 0.2) is 15.0 Å². The summed E-state index contributed by atoms with van der Waals surface area (Å²) >= 11 is 7.26. The number of amides is 1. The van der Waals surface area contributed by atoms with Crippen molar-refractivity contribution in [1.29, 1.82) is 0 Å². The zero-order valence-corrected chi connectivity index (χ0v) is 21.6. The van der Waals surface area contributed by atoms with Crippen LogP contribution in [0.25, 0.3) is 16.6 Å². The monoisotopic (exact) mass is 527 g/mol. The van der Waals surface area contributed by atoms with Crippen molar-refractivity contribution in [3.8, 4) is 5.69 Å². The fraction of sp³-hybridized carbons (Fsp3) is 0.160. The summed E-state index contributed by atoms with van der Waals surface area (Å²) in [6.45, 7) is 3.90. The van der Waals surface area contributed by atoms with Crippen LogP contribution in [0.2, 0.25) is 5.02 Å². The molecule has 0 spiro atoms. The number of aryl methyl sites for hydroxylation is 1. The summed E-state index contributed by atoms with van der Waals surface area (Å²) in [5.41, 5.74) is 3.15. The van der Waals surface area contributed by atoms with E-state index in [9.17, 15) is 18.0 Å². The van der Waals surface area contributed by atoms with E-state index in [1.54, 1.807) is 24.3 Å². The summed E-state index contributed by atoms with van der Waals surface area (Å²) in [7, 11) is -3.47. The van der Waals surface area contributed by atoms with Gasteiger partial charge in [0, 0.05) is 6.26 Å². The van der Waals surface area contributed by atoms with E-state index < -0.39 is 15.7 Å². The number of halogens is 1. The summed E-state index contributed by atoms with van der Waals surface area (Å²) in [5.74, 6) is -0.493. The highest BCUT2D eigenvalue weighted by atomic mass is 35.5. The molecule has 1 amide bonds. The molecule has 0 aliphatic carbocycles. The van der Waals surface area contributed by atoms with Crippen molar-refractivity contribution in [2.45, 2.75) is 23.9 Å². The van der Waals surface area contributed by atoms with Gasteiger partial charge < -0.3 is 5.32 Å². The molecule has 4 aromatic rings. The van der Waals surface area contributed by atoms with E-state index in [0.717, 1.165) is 29.1 Å². The predicted octanol–water partition coefficient (Wildman–Crippen LogP) is 4.79. The van der Waals surface area contributed by atoms with Gasteiger partial charge in [-0.15, -0.1) is 0 Å². The van der Waals surface area contributed by atoms with Gasteiger partial charge in [-0.2, -0.15) is 0 Å². The number of sulfone groups is 1. The largest absolute Gasteiger partial charge is 0.324 e. The number of rotatable bonds is 6. The highest BCUT2D eigenvalue weighted by Gasteiger charge is 2.18. The molecule has 7 nitrogen and oxygen atoms in total. The third-order valence-electron chi connectivity index (χ3n) is 5.53. The van der Waals surface area contributed by atoms with Crippen LogP contribution in [-0.2, 0) is 14.6 Å². The van der Waals surface area contributed by atoms with Crippen molar-refractivity contribution < 1.29 is 13.2 Å². The summed E-state index contributed by atoms with van der Waals surface area (Å²) in [6.07, 6.45) is 1.08. The van der Waals surface area contributed by atoms with E-state index in [1.165, 1.54) is 22.8 Å². The van der Waals surface area contributed by atoms with Crippen LogP contribution in [0.15, 0.2) is 75.5 Å². The van der Waals surface area contributed by atoms with Gasteiger partial charge in [-0.25, -0.2) is 13.4 Å². The molecule has 0 saturated carbocycles. The third-order valence-corrected chi connectivity index (χ3v) is 7.91. The van der Waals surface area contributed by atoms with Crippen molar-refractivity contribution in [2.75, 3.05) is 17.3 Å². The Labute approximate surface area is 212 Å². The number of nitrogens with one attached hydrogen (secondary N) is 1. The highest BCUT2D eigenvalue weighted by molar-refractivity contribution is 7.99. The van der Waals surface area contributed by atoms with Crippen molar-refractivity contribution in [3.63, 3.8) is 0 Å². The Morgan fingerprint density at radius 2 is 1.83 bits per heavy atom. The van der Waals surface area contributed by atoms with Crippen molar-refractivity contribution in [3.05, 3.63) is 87.2 Å². The Morgan fingerprint density at radius 1 is 1.09 bits per heavy atom. The minimum atomic E-state index is -3.47. The quantitative estimate of drug-likeness (QED) is 0.286. The van der Waals surface area contributed by atoms with Crippen LogP contribution in [0.4, 0.5) is 5.69 Å². The number of para-hydroxylation sites is 1. The number of thioether (sulfide) groups is 1. The van der Waals surface area contributed by atoms with Crippen molar-refractivity contribution in [1.82, 2.24) is 9.55 Å². The number of anilines is 1. The molecule has 4 rings (SSSR count). The molecule has 0 fully saturated rings. The molecule has 0 bridgehead atoms. The van der Waals surface area contributed by atoms with Gasteiger partial charge in [-0.05, 0) is 61.4 Å². The Balaban J connectivity index is 1.69. The standard InChI is InChI=1S/C25H22ClN3O4S2/c1-15-7-6-10-22(16(15)2)29-24(31)18-8-4-5-9-20(18)28-25(29)34-14-23(30)27-21-13-17(35(3,32)33)11-12-19(21)26/h4-13H,14H2,1-3H3,(H,27,30). The zero-order valence-electron chi connectivity index (χ0n) is 19.2. The number of carbonyl (C=O) groups is 1.